The van der Waals surface area contributed by atoms with Gasteiger partial charge in [-0.15, -0.1) is 0 Å². The van der Waals surface area contributed by atoms with Crippen molar-refractivity contribution >= 4 is 5.97 Å². The van der Waals surface area contributed by atoms with Gasteiger partial charge in [0.1, 0.15) is 0 Å². The highest BCUT2D eigenvalue weighted by Gasteiger charge is 1.98. The Morgan fingerprint density at radius 3 is 1.54 bits per heavy atom. The van der Waals surface area contributed by atoms with E-state index >= 15 is 0 Å². The number of carboxylic acid groups (broad SMARTS) is 1. The summed E-state index contributed by atoms with van der Waals surface area (Å²) in [7, 11) is 0. The minimum Gasteiger partial charge on any atom is -0.478 e. The first-order valence-electron chi connectivity index (χ1n) is 9.77. The van der Waals surface area contributed by atoms with Gasteiger partial charge in [-0.25, -0.2) is 4.79 Å². The molecular weight excluding hydrogens is 324 g/mol. The minimum atomic E-state index is -0.833. The highest BCUT2D eigenvalue weighted by atomic mass is 16.4. The van der Waals surface area contributed by atoms with E-state index in [4.69, 9.17) is 5.11 Å². The summed E-state index contributed by atoms with van der Waals surface area (Å²) in [6, 6.07) is 0. The van der Waals surface area contributed by atoms with Gasteiger partial charge in [0.05, 0.1) is 6.10 Å². The second kappa shape index (κ2) is 14.5. The van der Waals surface area contributed by atoms with Crippen LogP contribution in [0, 0.1) is 0 Å². The van der Waals surface area contributed by atoms with Crippen molar-refractivity contribution in [3.63, 3.8) is 0 Å². The van der Waals surface area contributed by atoms with Gasteiger partial charge in [-0.05, 0) is 86.0 Å². The Kier molecular flexibility index (Phi) is 13.6. The number of rotatable bonds is 13. The number of aliphatic hydroxyl groups is 1. The third-order valence-electron chi connectivity index (χ3n) is 4.47. The molecule has 0 aliphatic carbocycles. The standard InChI is InChI=1S/C23H38O3/c1-18(11-7-13-20(3)15-9-17-22(5)24)10-6-12-19(2)14-8-16-21(4)23(25)26/h11-12,15-16,22,24H,6-10,13-14,17H2,1-5H3,(H,25,26). The van der Waals surface area contributed by atoms with Crippen LogP contribution in [-0.2, 0) is 4.79 Å². The molecule has 0 aromatic carbocycles. The number of allylic oxidation sites excluding steroid dienone is 7. The van der Waals surface area contributed by atoms with Gasteiger partial charge in [-0.1, -0.05) is 41.0 Å². The van der Waals surface area contributed by atoms with E-state index in [9.17, 15) is 9.90 Å². The molecule has 0 radical (unpaired) electrons. The summed E-state index contributed by atoms with van der Waals surface area (Å²) >= 11 is 0. The third kappa shape index (κ3) is 14.7. The maximum absolute atomic E-state index is 10.7. The number of aliphatic carboxylic acids is 1. The fraction of sp³-hybridized carbons (Fsp3) is 0.609. The molecule has 0 spiro atoms. The van der Waals surface area contributed by atoms with Crippen molar-refractivity contribution in [2.45, 2.75) is 92.1 Å². The molecular formula is C23H38O3. The monoisotopic (exact) mass is 362 g/mol. The van der Waals surface area contributed by atoms with Crippen LogP contribution in [0.4, 0.5) is 0 Å². The van der Waals surface area contributed by atoms with E-state index in [1.165, 1.54) is 16.7 Å². The Morgan fingerprint density at radius 2 is 1.15 bits per heavy atom. The predicted octanol–water partition coefficient (Wildman–Crippen LogP) is 6.36. The molecule has 0 fully saturated rings. The van der Waals surface area contributed by atoms with Crippen molar-refractivity contribution in [3.8, 4) is 0 Å². The number of aliphatic hydroxyl groups excluding tert-OH is 1. The molecule has 0 aromatic rings. The normalized spacial score (nSPS) is 15.3. The lowest BCUT2D eigenvalue weighted by Crippen LogP contribution is -1.97. The van der Waals surface area contributed by atoms with Gasteiger partial charge in [0, 0.05) is 5.57 Å². The molecule has 0 saturated carbocycles. The molecule has 1 atom stereocenters. The van der Waals surface area contributed by atoms with Crippen LogP contribution in [0.5, 0.6) is 0 Å². The molecule has 0 rings (SSSR count). The molecule has 0 heterocycles. The second-order valence-electron chi connectivity index (χ2n) is 7.39. The van der Waals surface area contributed by atoms with Crippen LogP contribution in [0.15, 0.2) is 46.6 Å². The Labute approximate surface area is 160 Å². The minimum absolute atomic E-state index is 0.213. The van der Waals surface area contributed by atoms with Crippen molar-refractivity contribution in [1.29, 1.82) is 0 Å². The first-order chi connectivity index (χ1) is 12.2. The number of hydrogen-bond acceptors (Lipinski definition) is 2. The van der Waals surface area contributed by atoms with Gasteiger partial charge in [-0.2, -0.15) is 0 Å². The van der Waals surface area contributed by atoms with Crippen LogP contribution in [0.3, 0.4) is 0 Å². The fourth-order valence-corrected chi connectivity index (χ4v) is 2.57. The second-order valence-corrected chi connectivity index (χ2v) is 7.39. The van der Waals surface area contributed by atoms with Gasteiger partial charge in [0.2, 0.25) is 0 Å². The lowest BCUT2D eigenvalue weighted by Gasteiger charge is -2.03. The van der Waals surface area contributed by atoms with Crippen molar-refractivity contribution < 1.29 is 15.0 Å². The molecule has 2 N–H and O–H groups in total. The molecule has 3 heteroatoms. The van der Waals surface area contributed by atoms with Crippen LogP contribution < -0.4 is 0 Å². The SMILES string of the molecule is CC(=CCCC(C)=CCCC(C)O)CCC=C(C)CCC=C(C)C(=O)O. The summed E-state index contributed by atoms with van der Waals surface area (Å²) in [5, 5.41) is 18.1. The van der Waals surface area contributed by atoms with Crippen LogP contribution >= 0.6 is 0 Å². The molecule has 0 aliphatic rings. The highest BCUT2D eigenvalue weighted by molar-refractivity contribution is 5.85. The largest absolute Gasteiger partial charge is 0.478 e. The third-order valence-corrected chi connectivity index (χ3v) is 4.47. The molecule has 26 heavy (non-hydrogen) atoms. The summed E-state index contributed by atoms with van der Waals surface area (Å²) < 4.78 is 0. The molecule has 0 saturated heterocycles. The van der Waals surface area contributed by atoms with Gasteiger partial charge >= 0.3 is 5.97 Å². The maximum Gasteiger partial charge on any atom is 0.330 e. The average Bonchev–Trinajstić information content (AvgIpc) is 2.54. The Morgan fingerprint density at radius 1 is 0.769 bits per heavy atom. The molecule has 148 valence electrons. The van der Waals surface area contributed by atoms with Gasteiger partial charge < -0.3 is 10.2 Å². The van der Waals surface area contributed by atoms with Crippen molar-refractivity contribution in [3.05, 3.63) is 46.6 Å². The first-order valence-corrected chi connectivity index (χ1v) is 9.77. The Bertz CT molecular complexity index is 534. The van der Waals surface area contributed by atoms with Crippen molar-refractivity contribution in [2.75, 3.05) is 0 Å². The van der Waals surface area contributed by atoms with E-state index in [1.54, 1.807) is 13.0 Å². The van der Waals surface area contributed by atoms with E-state index in [0.717, 1.165) is 51.4 Å². The predicted molar refractivity (Wildman–Crippen MR) is 111 cm³/mol. The Balaban J connectivity index is 4.05. The van der Waals surface area contributed by atoms with Crippen LogP contribution in [0.1, 0.15) is 86.0 Å². The zero-order valence-corrected chi connectivity index (χ0v) is 17.3. The van der Waals surface area contributed by atoms with Crippen LogP contribution in [0.2, 0.25) is 0 Å². The van der Waals surface area contributed by atoms with E-state index < -0.39 is 5.97 Å². The fourth-order valence-electron chi connectivity index (χ4n) is 2.57. The van der Waals surface area contributed by atoms with Crippen molar-refractivity contribution in [1.82, 2.24) is 0 Å². The van der Waals surface area contributed by atoms with Gasteiger partial charge in [-0.3, -0.25) is 0 Å². The van der Waals surface area contributed by atoms with Crippen LogP contribution in [-0.4, -0.2) is 22.3 Å². The van der Waals surface area contributed by atoms with Crippen molar-refractivity contribution in [2.24, 2.45) is 0 Å². The zero-order chi connectivity index (χ0) is 19.9. The van der Waals surface area contributed by atoms with E-state index in [1.807, 2.05) is 6.92 Å². The molecule has 0 amide bonds. The molecule has 0 aliphatic heterocycles. The molecule has 0 aromatic heterocycles. The van der Waals surface area contributed by atoms with Crippen LogP contribution in [0.25, 0.3) is 0 Å². The Hall–Kier alpha value is -1.61. The summed E-state index contributed by atoms with van der Waals surface area (Å²) in [6.45, 7) is 9.94. The summed E-state index contributed by atoms with van der Waals surface area (Å²) in [6.07, 6.45) is 16.2. The molecule has 3 nitrogen and oxygen atoms in total. The maximum atomic E-state index is 10.7. The quantitative estimate of drug-likeness (QED) is 0.296. The smallest absolute Gasteiger partial charge is 0.330 e. The summed E-state index contributed by atoms with van der Waals surface area (Å²) in [4.78, 5) is 10.7. The highest BCUT2D eigenvalue weighted by Crippen LogP contribution is 2.14. The number of carbonyl (C=O) groups is 1. The lowest BCUT2D eigenvalue weighted by atomic mass is 10.0. The van der Waals surface area contributed by atoms with E-state index in [-0.39, 0.29) is 6.10 Å². The summed E-state index contributed by atoms with van der Waals surface area (Å²) in [5.41, 5.74) is 4.57. The zero-order valence-electron chi connectivity index (χ0n) is 17.3. The van der Waals surface area contributed by atoms with Gasteiger partial charge in [0.15, 0.2) is 0 Å². The van der Waals surface area contributed by atoms with E-state index in [0.29, 0.717) is 5.57 Å². The molecule has 0 bridgehead atoms. The summed E-state index contributed by atoms with van der Waals surface area (Å²) in [5.74, 6) is -0.833. The van der Waals surface area contributed by atoms with Gasteiger partial charge in [0.25, 0.3) is 0 Å². The topological polar surface area (TPSA) is 57.5 Å². The number of hydrogen-bond donors (Lipinski definition) is 2. The molecule has 1 unspecified atom stereocenters. The first kappa shape index (κ1) is 24.4. The van der Waals surface area contributed by atoms with E-state index in [2.05, 4.69) is 39.0 Å². The average molecular weight is 363 g/mol. The lowest BCUT2D eigenvalue weighted by molar-refractivity contribution is -0.132. The number of carboxylic acids is 1.